The van der Waals surface area contributed by atoms with Gasteiger partial charge in [0.1, 0.15) is 0 Å². The smallest absolute Gasteiger partial charge is 0.337 e. The summed E-state index contributed by atoms with van der Waals surface area (Å²) in [6.07, 6.45) is 2.75. The van der Waals surface area contributed by atoms with E-state index in [1.165, 1.54) is 10.6 Å². The first kappa shape index (κ1) is 12.9. The number of nitrogens with one attached hydrogen (secondary N) is 1. The van der Waals surface area contributed by atoms with Gasteiger partial charge in [0.05, 0.1) is 28.7 Å². The first-order chi connectivity index (χ1) is 9.59. The molecule has 2 unspecified atom stereocenters. The highest BCUT2D eigenvalue weighted by molar-refractivity contribution is 6.00. The van der Waals surface area contributed by atoms with Crippen LogP contribution in [0.15, 0.2) is 23.0 Å². The van der Waals surface area contributed by atoms with Crippen molar-refractivity contribution in [2.24, 2.45) is 0 Å². The highest BCUT2D eigenvalue weighted by atomic mass is 16.4. The molecule has 1 aromatic heterocycles. The molecule has 1 aliphatic carbocycles. The van der Waals surface area contributed by atoms with E-state index >= 15 is 0 Å². The summed E-state index contributed by atoms with van der Waals surface area (Å²) in [5, 5.41) is 19.3. The minimum atomic E-state index is -1.08. The molecule has 0 amide bonds. The van der Waals surface area contributed by atoms with Gasteiger partial charge in [-0.2, -0.15) is 0 Å². The maximum absolute atomic E-state index is 12.2. The van der Waals surface area contributed by atoms with Crippen LogP contribution in [0.25, 0.3) is 11.0 Å². The predicted octanol–water partition coefficient (Wildman–Crippen LogP) is 1.50. The molecule has 6 nitrogen and oxygen atoms in total. The molecule has 0 aliphatic heterocycles. The second-order valence-electron chi connectivity index (χ2n) is 5.22. The third kappa shape index (κ3) is 1.92. The van der Waals surface area contributed by atoms with Gasteiger partial charge in [-0.15, -0.1) is 0 Å². The molecule has 1 aliphatic rings. The summed E-state index contributed by atoms with van der Waals surface area (Å²) in [4.78, 5) is 26.0. The molecule has 6 heteroatoms. The summed E-state index contributed by atoms with van der Waals surface area (Å²) in [7, 11) is 0. The zero-order chi connectivity index (χ0) is 14.3. The minimum Gasteiger partial charge on any atom is -0.478 e. The first-order valence-corrected chi connectivity index (χ1v) is 6.74. The lowest BCUT2D eigenvalue weighted by atomic mass is 9.92. The zero-order valence-corrected chi connectivity index (χ0v) is 10.9. The lowest BCUT2D eigenvalue weighted by Gasteiger charge is -2.28. The van der Waals surface area contributed by atoms with Gasteiger partial charge in [0, 0.05) is 0 Å². The number of hydrogen-bond acceptors (Lipinski definition) is 3. The van der Waals surface area contributed by atoms with Crippen LogP contribution in [-0.4, -0.2) is 31.8 Å². The largest absolute Gasteiger partial charge is 0.478 e. The van der Waals surface area contributed by atoms with E-state index in [0.29, 0.717) is 17.5 Å². The van der Waals surface area contributed by atoms with Gasteiger partial charge in [0.25, 0.3) is 0 Å². The molecule has 1 saturated carbocycles. The van der Waals surface area contributed by atoms with Crippen molar-refractivity contribution >= 4 is 17.0 Å². The Hall–Kier alpha value is -2.08. The Morgan fingerprint density at radius 1 is 1.30 bits per heavy atom. The second kappa shape index (κ2) is 4.79. The Bertz CT molecular complexity index is 716. The molecule has 2 aromatic rings. The number of H-pyrrole nitrogens is 1. The molecule has 2 atom stereocenters. The quantitative estimate of drug-likeness (QED) is 0.774. The van der Waals surface area contributed by atoms with Crippen LogP contribution >= 0.6 is 0 Å². The standard InChI is InChI=1S/C14H16N2O4/c17-11-7-2-1-5-9(11)16-10-6-3-4-8(13(18)19)12(10)15-14(16)20/h3-4,6,9,11,17H,1-2,5,7H2,(H,15,20)(H,18,19). The highest BCUT2D eigenvalue weighted by Crippen LogP contribution is 2.30. The van der Waals surface area contributed by atoms with E-state index in [1.807, 2.05) is 0 Å². The fourth-order valence-electron chi connectivity index (χ4n) is 3.05. The number of nitrogens with zero attached hydrogens (tertiary/aromatic N) is 1. The molecule has 0 spiro atoms. The van der Waals surface area contributed by atoms with Crippen LogP contribution in [0.2, 0.25) is 0 Å². The number of para-hydroxylation sites is 1. The fourth-order valence-corrected chi connectivity index (χ4v) is 3.05. The van der Waals surface area contributed by atoms with Crippen LogP contribution in [0.5, 0.6) is 0 Å². The number of imidazole rings is 1. The van der Waals surface area contributed by atoms with E-state index in [4.69, 9.17) is 5.11 Å². The molecule has 20 heavy (non-hydrogen) atoms. The van der Waals surface area contributed by atoms with Crippen molar-refractivity contribution in [2.75, 3.05) is 0 Å². The van der Waals surface area contributed by atoms with Crippen LogP contribution in [0.4, 0.5) is 0 Å². The normalized spacial score (nSPS) is 23.1. The van der Waals surface area contributed by atoms with E-state index in [2.05, 4.69) is 4.98 Å². The van der Waals surface area contributed by atoms with Crippen molar-refractivity contribution in [2.45, 2.75) is 37.8 Å². The summed E-state index contributed by atoms with van der Waals surface area (Å²) >= 11 is 0. The molecule has 0 bridgehead atoms. The molecule has 1 heterocycles. The van der Waals surface area contributed by atoms with E-state index in [-0.39, 0.29) is 17.3 Å². The summed E-state index contributed by atoms with van der Waals surface area (Å²) in [5.74, 6) is -1.08. The van der Waals surface area contributed by atoms with Crippen molar-refractivity contribution in [3.05, 3.63) is 34.2 Å². The van der Waals surface area contributed by atoms with Crippen molar-refractivity contribution in [3.63, 3.8) is 0 Å². The number of rotatable bonds is 2. The molecule has 0 saturated heterocycles. The van der Waals surface area contributed by atoms with Crippen molar-refractivity contribution in [1.29, 1.82) is 0 Å². The number of carboxylic acid groups (broad SMARTS) is 1. The monoisotopic (exact) mass is 276 g/mol. The summed E-state index contributed by atoms with van der Waals surface area (Å²) in [5.41, 5.74) is 0.576. The first-order valence-electron chi connectivity index (χ1n) is 6.74. The van der Waals surface area contributed by atoms with Gasteiger partial charge in [0.15, 0.2) is 0 Å². The number of hydrogen-bond donors (Lipinski definition) is 3. The predicted molar refractivity (Wildman–Crippen MR) is 73.0 cm³/mol. The lowest BCUT2D eigenvalue weighted by molar-refractivity contribution is 0.0699. The van der Waals surface area contributed by atoms with Crippen LogP contribution in [0.3, 0.4) is 0 Å². The number of aromatic amines is 1. The van der Waals surface area contributed by atoms with E-state index in [0.717, 1.165) is 19.3 Å². The molecular formula is C14H16N2O4. The Morgan fingerprint density at radius 2 is 2.05 bits per heavy atom. The number of carbonyl (C=O) groups is 1. The van der Waals surface area contributed by atoms with Crippen LogP contribution in [-0.2, 0) is 0 Å². The Balaban J connectivity index is 2.21. The van der Waals surface area contributed by atoms with Crippen LogP contribution in [0.1, 0.15) is 42.1 Å². The average molecular weight is 276 g/mol. The van der Waals surface area contributed by atoms with Gasteiger partial charge in [0.2, 0.25) is 0 Å². The third-order valence-corrected chi connectivity index (χ3v) is 4.01. The second-order valence-corrected chi connectivity index (χ2v) is 5.22. The highest BCUT2D eigenvalue weighted by Gasteiger charge is 2.28. The van der Waals surface area contributed by atoms with Gasteiger partial charge < -0.3 is 15.2 Å². The van der Waals surface area contributed by atoms with Crippen LogP contribution in [0, 0.1) is 0 Å². The molecule has 0 radical (unpaired) electrons. The number of benzene rings is 1. The van der Waals surface area contributed by atoms with Crippen molar-refractivity contribution in [1.82, 2.24) is 9.55 Å². The summed E-state index contributed by atoms with van der Waals surface area (Å²) < 4.78 is 1.51. The SMILES string of the molecule is O=C(O)c1cccc2c1[nH]c(=O)n2C1CCCCC1O. The number of aromatic nitrogens is 2. The van der Waals surface area contributed by atoms with Gasteiger partial charge in [-0.05, 0) is 25.0 Å². The number of aliphatic hydroxyl groups is 1. The number of aliphatic hydroxyl groups excluding tert-OH is 1. The molecular weight excluding hydrogens is 260 g/mol. The number of fused-ring (bicyclic) bond motifs is 1. The van der Waals surface area contributed by atoms with Crippen LogP contribution < -0.4 is 5.69 Å². The fraction of sp³-hybridized carbons (Fsp3) is 0.429. The lowest BCUT2D eigenvalue weighted by Crippen LogP contribution is -2.33. The van der Waals surface area contributed by atoms with E-state index < -0.39 is 12.1 Å². The summed E-state index contributed by atoms with van der Waals surface area (Å²) in [6, 6.07) is 4.50. The third-order valence-electron chi connectivity index (χ3n) is 4.01. The Kier molecular flexibility index (Phi) is 3.10. The molecule has 3 N–H and O–H groups in total. The Labute approximate surface area is 114 Å². The van der Waals surface area contributed by atoms with E-state index in [1.54, 1.807) is 12.1 Å². The molecule has 3 rings (SSSR count). The maximum atomic E-state index is 12.2. The van der Waals surface area contributed by atoms with Crippen molar-refractivity contribution < 1.29 is 15.0 Å². The van der Waals surface area contributed by atoms with E-state index in [9.17, 15) is 14.7 Å². The van der Waals surface area contributed by atoms with Gasteiger partial charge >= 0.3 is 11.7 Å². The average Bonchev–Trinajstić information content (AvgIpc) is 2.75. The summed E-state index contributed by atoms with van der Waals surface area (Å²) in [6.45, 7) is 0. The van der Waals surface area contributed by atoms with Gasteiger partial charge in [-0.25, -0.2) is 9.59 Å². The minimum absolute atomic E-state index is 0.0728. The maximum Gasteiger partial charge on any atom is 0.337 e. The molecule has 1 aromatic carbocycles. The molecule has 106 valence electrons. The van der Waals surface area contributed by atoms with Gasteiger partial charge in [-0.1, -0.05) is 18.9 Å². The topological polar surface area (TPSA) is 95.3 Å². The number of carboxylic acids is 1. The number of aromatic carboxylic acids is 1. The van der Waals surface area contributed by atoms with Gasteiger partial charge in [-0.3, -0.25) is 4.57 Å². The molecule has 1 fully saturated rings. The van der Waals surface area contributed by atoms with Crippen molar-refractivity contribution in [3.8, 4) is 0 Å². The zero-order valence-electron chi connectivity index (χ0n) is 10.9. The Morgan fingerprint density at radius 3 is 2.75 bits per heavy atom.